The number of morpholine rings is 1. The number of methoxy groups -OCH3 is 1. The monoisotopic (exact) mass is 383 g/mol. The molecular formula is C21H25N3O4. The van der Waals surface area contributed by atoms with Crippen LogP contribution in [0.1, 0.15) is 11.1 Å². The fourth-order valence-corrected chi connectivity index (χ4v) is 2.80. The molecule has 2 aromatic carbocycles. The van der Waals surface area contributed by atoms with Crippen LogP contribution in [0.4, 0.5) is 0 Å². The molecule has 1 fully saturated rings. The van der Waals surface area contributed by atoms with Crippen LogP contribution >= 0.6 is 0 Å². The molecule has 1 amide bonds. The predicted octanol–water partition coefficient (Wildman–Crippen LogP) is 2.06. The van der Waals surface area contributed by atoms with Gasteiger partial charge in [0.2, 0.25) is 0 Å². The number of hydrazone groups is 1. The average Bonchev–Trinajstić information content (AvgIpc) is 2.74. The molecular weight excluding hydrogens is 358 g/mol. The van der Waals surface area contributed by atoms with Crippen LogP contribution in [0, 0.1) is 0 Å². The van der Waals surface area contributed by atoms with Gasteiger partial charge < -0.3 is 14.2 Å². The Morgan fingerprint density at radius 1 is 1.18 bits per heavy atom. The van der Waals surface area contributed by atoms with E-state index in [2.05, 4.69) is 10.5 Å². The highest BCUT2D eigenvalue weighted by atomic mass is 16.5. The third kappa shape index (κ3) is 6.07. The van der Waals surface area contributed by atoms with Gasteiger partial charge in [-0.3, -0.25) is 9.69 Å². The maximum Gasteiger partial charge on any atom is 0.254 e. The molecule has 7 heteroatoms. The van der Waals surface area contributed by atoms with Crippen molar-refractivity contribution in [3.8, 4) is 11.5 Å². The number of hydrogen-bond donors (Lipinski definition) is 1. The highest BCUT2D eigenvalue weighted by Gasteiger charge is 2.13. The number of amides is 1. The summed E-state index contributed by atoms with van der Waals surface area (Å²) in [4.78, 5) is 14.0. The Morgan fingerprint density at radius 3 is 2.71 bits per heavy atom. The molecule has 0 aromatic heterocycles. The van der Waals surface area contributed by atoms with Gasteiger partial charge in [0.1, 0.15) is 6.61 Å². The van der Waals surface area contributed by atoms with E-state index >= 15 is 0 Å². The van der Waals surface area contributed by atoms with Gasteiger partial charge in [-0.25, -0.2) is 5.43 Å². The maximum absolute atomic E-state index is 11.9. The SMILES string of the molecule is COc1cc(/C=N\NC(=O)CN2CCOCC2)ccc1OCc1ccccc1. The average molecular weight is 383 g/mol. The minimum atomic E-state index is -0.145. The Hall–Kier alpha value is -2.90. The number of carbonyl (C=O) groups excluding carboxylic acids is 1. The third-order valence-electron chi connectivity index (χ3n) is 4.30. The summed E-state index contributed by atoms with van der Waals surface area (Å²) in [7, 11) is 1.59. The summed E-state index contributed by atoms with van der Waals surface area (Å²) in [6.07, 6.45) is 1.58. The second-order valence-corrected chi connectivity index (χ2v) is 6.37. The zero-order valence-corrected chi connectivity index (χ0v) is 16.0. The minimum Gasteiger partial charge on any atom is -0.493 e. The molecule has 0 atom stereocenters. The number of hydrogen-bond acceptors (Lipinski definition) is 6. The van der Waals surface area contributed by atoms with Crippen molar-refractivity contribution >= 4 is 12.1 Å². The number of ether oxygens (including phenoxy) is 3. The van der Waals surface area contributed by atoms with Crippen LogP contribution in [0.15, 0.2) is 53.6 Å². The van der Waals surface area contributed by atoms with Crippen LogP contribution in [0.3, 0.4) is 0 Å². The highest BCUT2D eigenvalue weighted by molar-refractivity contribution is 5.83. The normalized spacial score (nSPS) is 14.8. The van der Waals surface area contributed by atoms with Crippen molar-refractivity contribution in [1.29, 1.82) is 0 Å². The maximum atomic E-state index is 11.9. The molecule has 7 nitrogen and oxygen atoms in total. The molecule has 2 aromatic rings. The van der Waals surface area contributed by atoms with E-state index in [1.54, 1.807) is 13.3 Å². The number of nitrogens with zero attached hydrogens (tertiary/aromatic N) is 2. The topological polar surface area (TPSA) is 72.4 Å². The third-order valence-corrected chi connectivity index (χ3v) is 4.30. The molecule has 0 radical (unpaired) electrons. The first-order valence-corrected chi connectivity index (χ1v) is 9.21. The number of rotatable bonds is 8. The quantitative estimate of drug-likeness (QED) is 0.558. The van der Waals surface area contributed by atoms with Gasteiger partial charge >= 0.3 is 0 Å². The van der Waals surface area contributed by atoms with E-state index in [1.807, 2.05) is 53.4 Å². The Bertz CT molecular complexity index is 789. The van der Waals surface area contributed by atoms with Crippen molar-refractivity contribution < 1.29 is 19.0 Å². The van der Waals surface area contributed by atoms with Crippen molar-refractivity contribution in [3.05, 3.63) is 59.7 Å². The van der Waals surface area contributed by atoms with Crippen LogP contribution in [0.2, 0.25) is 0 Å². The van der Waals surface area contributed by atoms with Crippen molar-refractivity contribution in [2.24, 2.45) is 5.10 Å². The lowest BCUT2D eigenvalue weighted by molar-refractivity contribution is -0.123. The lowest BCUT2D eigenvalue weighted by Gasteiger charge is -2.25. The zero-order chi connectivity index (χ0) is 19.6. The molecule has 0 spiro atoms. The predicted molar refractivity (Wildman–Crippen MR) is 107 cm³/mol. The zero-order valence-electron chi connectivity index (χ0n) is 16.0. The fourth-order valence-electron chi connectivity index (χ4n) is 2.80. The van der Waals surface area contributed by atoms with E-state index in [0.29, 0.717) is 37.9 Å². The number of nitrogens with one attached hydrogen (secondary N) is 1. The molecule has 1 heterocycles. The van der Waals surface area contributed by atoms with Crippen LogP contribution in [0.5, 0.6) is 11.5 Å². The van der Waals surface area contributed by atoms with Gasteiger partial charge in [-0.15, -0.1) is 0 Å². The molecule has 0 aliphatic carbocycles. The molecule has 3 rings (SSSR count). The molecule has 28 heavy (non-hydrogen) atoms. The molecule has 0 bridgehead atoms. The summed E-state index contributed by atoms with van der Waals surface area (Å²) in [5.41, 5.74) is 4.44. The largest absolute Gasteiger partial charge is 0.493 e. The van der Waals surface area contributed by atoms with Gasteiger partial charge in [-0.05, 0) is 29.3 Å². The Kier molecular flexibility index (Phi) is 7.40. The first kappa shape index (κ1) is 19.9. The summed E-state index contributed by atoms with van der Waals surface area (Å²) < 4.78 is 16.5. The molecule has 1 saturated heterocycles. The molecule has 1 aliphatic rings. The second kappa shape index (κ2) is 10.4. The van der Waals surface area contributed by atoms with Crippen molar-refractivity contribution in [3.63, 3.8) is 0 Å². The van der Waals surface area contributed by atoms with Gasteiger partial charge in [0.25, 0.3) is 5.91 Å². The molecule has 1 aliphatic heterocycles. The fraction of sp³-hybridized carbons (Fsp3) is 0.333. The minimum absolute atomic E-state index is 0.145. The van der Waals surface area contributed by atoms with Crippen LogP contribution in [-0.2, 0) is 16.1 Å². The van der Waals surface area contributed by atoms with Crippen LogP contribution in [0.25, 0.3) is 0 Å². The molecule has 0 saturated carbocycles. The van der Waals surface area contributed by atoms with E-state index in [9.17, 15) is 4.79 Å². The molecule has 0 unspecified atom stereocenters. The van der Waals surface area contributed by atoms with Gasteiger partial charge in [0, 0.05) is 13.1 Å². The summed E-state index contributed by atoms with van der Waals surface area (Å²) >= 11 is 0. The van der Waals surface area contributed by atoms with Gasteiger partial charge in [0.05, 0.1) is 33.1 Å². The molecule has 148 valence electrons. The molecule has 1 N–H and O–H groups in total. The van der Waals surface area contributed by atoms with E-state index in [-0.39, 0.29) is 5.91 Å². The lowest BCUT2D eigenvalue weighted by Crippen LogP contribution is -2.42. The summed E-state index contributed by atoms with van der Waals surface area (Å²) in [6, 6.07) is 15.4. The standard InChI is InChI=1S/C21H25N3O4/c1-26-20-13-18(7-8-19(20)28-16-17-5-3-2-4-6-17)14-22-23-21(25)15-24-9-11-27-12-10-24/h2-8,13-14H,9-12,15-16H2,1H3,(H,23,25)/b22-14-. The number of carbonyl (C=O) groups is 1. The smallest absolute Gasteiger partial charge is 0.254 e. The second-order valence-electron chi connectivity index (χ2n) is 6.37. The number of benzene rings is 2. The van der Waals surface area contributed by atoms with E-state index in [0.717, 1.165) is 24.2 Å². The van der Waals surface area contributed by atoms with Gasteiger partial charge in [-0.1, -0.05) is 30.3 Å². The van der Waals surface area contributed by atoms with E-state index < -0.39 is 0 Å². The summed E-state index contributed by atoms with van der Waals surface area (Å²) in [5, 5.41) is 4.03. The Balaban J connectivity index is 1.52. The van der Waals surface area contributed by atoms with Crippen molar-refractivity contribution in [2.75, 3.05) is 40.0 Å². The van der Waals surface area contributed by atoms with E-state index in [1.165, 1.54) is 0 Å². The van der Waals surface area contributed by atoms with Crippen molar-refractivity contribution in [1.82, 2.24) is 10.3 Å². The highest BCUT2D eigenvalue weighted by Crippen LogP contribution is 2.28. The summed E-state index contributed by atoms with van der Waals surface area (Å²) in [5.74, 6) is 1.12. The Morgan fingerprint density at radius 2 is 1.96 bits per heavy atom. The van der Waals surface area contributed by atoms with Crippen molar-refractivity contribution in [2.45, 2.75) is 6.61 Å². The first-order valence-electron chi connectivity index (χ1n) is 9.21. The van der Waals surface area contributed by atoms with Crippen LogP contribution < -0.4 is 14.9 Å². The first-order chi connectivity index (χ1) is 13.7. The van der Waals surface area contributed by atoms with E-state index in [4.69, 9.17) is 14.2 Å². The van der Waals surface area contributed by atoms with Gasteiger partial charge in [0.15, 0.2) is 11.5 Å². The lowest BCUT2D eigenvalue weighted by atomic mass is 10.2. The van der Waals surface area contributed by atoms with Crippen LogP contribution in [-0.4, -0.2) is 57.0 Å². The summed E-state index contributed by atoms with van der Waals surface area (Å²) in [6.45, 7) is 3.63. The Labute approximate surface area is 164 Å². The van der Waals surface area contributed by atoms with Gasteiger partial charge in [-0.2, -0.15) is 5.10 Å².